The Morgan fingerprint density at radius 1 is 0.474 bits per heavy atom. The van der Waals surface area contributed by atoms with Crippen molar-refractivity contribution in [1.82, 2.24) is 14.5 Å². The number of fused-ring (bicyclic) bond motifs is 10. The minimum Gasteiger partial charge on any atom is -0.456 e. The molecule has 3 aromatic heterocycles. The molecule has 0 N–H and O–H groups in total. The second-order valence-corrected chi connectivity index (χ2v) is 18.5. The fourth-order valence-corrected chi connectivity index (χ4v) is 14.5. The molecule has 0 fully saturated rings. The van der Waals surface area contributed by atoms with Crippen LogP contribution in [0.4, 0.5) is 0 Å². The van der Waals surface area contributed by atoms with Gasteiger partial charge >= 0.3 is 0 Å². The van der Waals surface area contributed by atoms with Crippen LogP contribution < -0.4 is 20.9 Å². The molecular weight excluding hydrogens is 711 g/mol. The van der Waals surface area contributed by atoms with Gasteiger partial charge in [-0.3, -0.25) is 0 Å². The number of benzene rings is 8. The highest BCUT2D eigenvalue weighted by atomic mass is 28.3. The maximum absolute atomic E-state index is 6.43. The second-order valence-electron chi connectivity index (χ2n) is 14.8. The zero-order chi connectivity index (χ0) is 37.5. The van der Waals surface area contributed by atoms with Crippen LogP contribution in [0, 0.1) is 0 Å². The smallest absolute Gasteiger partial charge is 0.203 e. The summed E-state index contributed by atoms with van der Waals surface area (Å²) in [6.45, 7) is 0. The Labute approximate surface area is 330 Å². The van der Waals surface area contributed by atoms with Crippen LogP contribution in [0.2, 0.25) is 0 Å². The van der Waals surface area contributed by atoms with Gasteiger partial charge in [-0.1, -0.05) is 164 Å². The van der Waals surface area contributed by atoms with Crippen LogP contribution in [-0.2, 0) is 0 Å². The van der Waals surface area contributed by atoms with Gasteiger partial charge < -0.3 is 8.98 Å². The predicted octanol–water partition coefficient (Wildman–Crippen LogP) is 10.2. The molecule has 8 aromatic carbocycles. The van der Waals surface area contributed by atoms with Crippen LogP contribution in [0.25, 0.3) is 83.2 Å². The van der Waals surface area contributed by atoms with E-state index in [1.807, 2.05) is 6.07 Å². The molecule has 0 spiro atoms. The molecule has 0 atom stereocenters. The zero-order valence-corrected chi connectivity index (χ0v) is 31.8. The van der Waals surface area contributed by atoms with Crippen LogP contribution in [-0.4, -0.2) is 22.6 Å². The van der Waals surface area contributed by atoms with E-state index in [1.165, 1.54) is 31.9 Å². The Balaban J connectivity index is 1.17. The lowest BCUT2D eigenvalue weighted by Gasteiger charge is -2.30. The normalized spacial score (nSPS) is 13.1. The molecule has 0 unspecified atom stereocenters. The third-order valence-corrected chi connectivity index (χ3v) is 16.6. The zero-order valence-electron chi connectivity index (χ0n) is 30.8. The second kappa shape index (κ2) is 12.3. The monoisotopic (exact) mass is 743 g/mol. The van der Waals surface area contributed by atoms with Crippen molar-refractivity contribution in [2.45, 2.75) is 0 Å². The van der Waals surface area contributed by atoms with Crippen molar-refractivity contribution < 1.29 is 4.42 Å². The molecule has 57 heavy (non-hydrogen) atoms. The molecule has 266 valence electrons. The highest BCUT2D eigenvalue weighted by Gasteiger charge is 2.51. The van der Waals surface area contributed by atoms with Gasteiger partial charge in [0.25, 0.3) is 0 Å². The number of furan rings is 1. The highest BCUT2D eigenvalue weighted by Crippen LogP contribution is 2.42. The first kappa shape index (κ1) is 32.0. The molecule has 0 saturated carbocycles. The third-order valence-electron chi connectivity index (χ3n) is 11.9. The van der Waals surface area contributed by atoms with Gasteiger partial charge in [0.1, 0.15) is 11.2 Å². The summed E-state index contributed by atoms with van der Waals surface area (Å²) < 4.78 is 8.82. The molecule has 0 aliphatic carbocycles. The summed E-state index contributed by atoms with van der Waals surface area (Å²) in [6.07, 6.45) is 0. The fourth-order valence-electron chi connectivity index (χ4n) is 9.52. The number of nitrogens with zero attached hydrogens (tertiary/aromatic N) is 3. The van der Waals surface area contributed by atoms with Crippen molar-refractivity contribution in [2.24, 2.45) is 0 Å². The van der Waals surface area contributed by atoms with Crippen molar-refractivity contribution in [1.29, 1.82) is 0 Å². The van der Waals surface area contributed by atoms with Crippen LogP contribution in [0.3, 0.4) is 0 Å². The maximum atomic E-state index is 6.43. The number of hydrogen-bond donors (Lipinski definition) is 0. The predicted molar refractivity (Wildman–Crippen MR) is 237 cm³/mol. The quantitative estimate of drug-likeness (QED) is 0.165. The molecule has 0 amide bonds. The van der Waals surface area contributed by atoms with Gasteiger partial charge in [0.05, 0.1) is 27.4 Å². The topological polar surface area (TPSA) is 43.9 Å². The molecule has 4 heterocycles. The molecule has 5 heteroatoms. The largest absolute Gasteiger partial charge is 0.456 e. The van der Waals surface area contributed by atoms with E-state index in [-0.39, 0.29) is 0 Å². The number of para-hydroxylation sites is 2. The summed E-state index contributed by atoms with van der Waals surface area (Å²) in [5.74, 6) is 0.714. The molecule has 1 aliphatic heterocycles. The molecule has 0 saturated heterocycles. The van der Waals surface area contributed by atoms with Gasteiger partial charge in [-0.15, -0.1) is 0 Å². The lowest BCUT2D eigenvalue weighted by Crippen LogP contribution is -2.73. The van der Waals surface area contributed by atoms with Crippen molar-refractivity contribution in [3.8, 4) is 39.5 Å². The van der Waals surface area contributed by atoms with E-state index >= 15 is 0 Å². The lowest BCUT2D eigenvalue weighted by atomic mass is 10.0. The Morgan fingerprint density at radius 3 is 1.91 bits per heavy atom. The van der Waals surface area contributed by atoms with E-state index in [2.05, 4.69) is 199 Å². The van der Waals surface area contributed by atoms with E-state index in [1.54, 1.807) is 0 Å². The van der Waals surface area contributed by atoms with Gasteiger partial charge in [0.2, 0.25) is 8.07 Å². The van der Waals surface area contributed by atoms with E-state index in [4.69, 9.17) is 14.4 Å². The Bertz CT molecular complexity index is 3310. The first-order valence-electron chi connectivity index (χ1n) is 19.4. The maximum Gasteiger partial charge on any atom is 0.203 e. The lowest BCUT2D eigenvalue weighted by molar-refractivity contribution is 0.669. The van der Waals surface area contributed by atoms with Gasteiger partial charge in [0, 0.05) is 38.5 Å². The number of hydrogen-bond acceptors (Lipinski definition) is 3. The highest BCUT2D eigenvalue weighted by molar-refractivity contribution is 7.21. The standard InChI is InChI=1S/C52H33N3OSi/c1-4-17-34(18-5-1)49-48-42-27-12-15-30-46(42)57(37-21-6-2-7-22-37,38-23-8-3-9-24-38)52(48)54-51(53-49)35-19-16-20-36(33-35)55-43-28-13-10-25-39(43)40-31-32-45-47(50(40)55)41-26-11-14-29-44(41)56-45/h1-33H. The van der Waals surface area contributed by atoms with Crippen LogP contribution in [0.15, 0.2) is 205 Å². The molecule has 11 aromatic rings. The van der Waals surface area contributed by atoms with E-state index in [0.29, 0.717) is 5.82 Å². The minimum absolute atomic E-state index is 0.714. The van der Waals surface area contributed by atoms with Gasteiger partial charge in [-0.25, -0.2) is 9.97 Å². The van der Waals surface area contributed by atoms with Crippen molar-refractivity contribution >= 4 is 72.7 Å². The van der Waals surface area contributed by atoms with Crippen molar-refractivity contribution in [3.63, 3.8) is 0 Å². The first-order valence-corrected chi connectivity index (χ1v) is 21.4. The average molecular weight is 744 g/mol. The molecule has 4 nitrogen and oxygen atoms in total. The van der Waals surface area contributed by atoms with Crippen LogP contribution >= 0.6 is 0 Å². The van der Waals surface area contributed by atoms with Crippen LogP contribution in [0.5, 0.6) is 0 Å². The Kier molecular flexibility index (Phi) is 6.91. The summed E-state index contributed by atoms with van der Waals surface area (Å²) in [6, 6.07) is 71.8. The van der Waals surface area contributed by atoms with E-state index < -0.39 is 8.07 Å². The van der Waals surface area contributed by atoms with Gasteiger partial charge in [-0.2, -0.15) is 0 Å². The van der Waals surface area contributed by atoms with Crippen molar-refractivity contribution in [2.75, 3.05) is 0 Å². The number of rotatable bonds is 5. The average Bonchev–Trinajstić information content (AvgIpc) is 3.93. The molecule has 12 rings (SSSR count). The summed E-state index contributed by atoms with van der Waals surface area (Å²) in [7, 11) is -2.91. The molecular formula is C52H33N3OSi. The summed E-state index contributed by atoms with van der Waals surface area (Å²) in [5.41, 5.74) is 10.4. The fraction of sp³-hybridized carbons (Fsp3) is 0. The Morgan fingerprint density at radius 2 is 1.12 bits per heavy atom. The minimum atomic E-state index is -2.91. The van der Waals surface area contributed by atoms with Gasteiger partial charge in [-0.05, 0) is 57.5 Å². The summed E-state index contributed by atoms with van der Waals surface area (Å²) in [5, 5.41) is 9.69. The third kappa shape index (κ3) is 4.55. The number of aromatic nitrogens is 3. The van der Waals surface area contributed by atoms with Gasteiger partial charge in [0.15, 0.2) is 5.82 Å². The van der Waals surface area contributed by atoms with Crippen molar-refractivity contribution in [3.05, 3.63) is 200 Å². The summed E-state index contributed by atoms with van der Waals surface area (Å²) in [4.78, 5) is 11.3. The van der Waals surface area contributed by atoms with E-state index in [0.717, 1.165) is 66.4 Å². The molecule has 0 radical (unpaired) electrons. The Hall–Kier alpha value is -7.34. The molecule has 1 aliphatic rings. The van der Waals surface area contributed by atoms with E-state index in [9.17, 15) is 0 Å². The SMILES string of the molecule is c1ccc(-c2nc(-c3cccc(-n4c5ccccc5c5ccc6oc7ccccc7c6c54)c3)nc3c2-c2ccccc2[Si]3(c2ccccc2)c2ccccc2)cc1. The molecule has 0 bridgehead atoms. The summed E-state index contributed by atoms with van der Waals surface area (Å²) >= 11 is 0. The van der Waals surface area contributed by atoms with Crippen LogP contribution in [0.1, 0.15) is 0 Å². The first-order chi connectivity index (χ1) is 28.3.